The maximum absolute atomic E-state index is 10.3. The quantitative estimate of drug-likeness (QED) is 0.759. The van der Waals surface area contributed by atoms with Gasteiger partial charge in [0.25, 0.3) is 0 Å². The van der Waals surface area contributed by atoms with E-state index in [0.717, 1.165) is 31.5 Å². The van der Waals surface area contributed by atoms with E-state index in [4.69, 9.17) is 10.5 Å². The average Bonchev–Trinajstić information content (AvgIpc) is 2.42. The van der Waals surface area contributed by atoms with Crippen molar-refractivity contribution in [2.45, 2.75) is 32.7 Å². The lowest BCUT2D eigenvalue weighted by molar-refractivity contribution is 0.198. The molecular formula is C15H26N2O2. The fourth-order valence-electron chi connectivity index (χ4n) is 2.44. The van der Waals surface area contributed by atoms with Gasteiger partial charge in [0.2, 0.25) is 0 Å². The molecular weight excluding hydrogens is 240 g/mol. The minimum atomic E-state index is 0.0370. The Bertz CT molecular complexity index is 376. The fraction of sp³-hybridized carbons (Fsp3) is 0.600. The number of aromatic hydroxyl groups is 1. The maximum Gasteiger partial charge on any atom is 0.162 e. The Balaban J connectivity index is 3.06. The molecule has 19 heavy (non-hydrogen) atoms. The maximum atomic E-state index is 10.3. The van der Waals surface area contributed by atoms with E-state index in [1.807, 2.05) is 12.1 Å². The number of phenolic OH excluding ortho intramolecular Hbond substituents is 1. The zero-order chi connectivity index (χ0) is 14.3. The molecule has 0 fully saturated rings. The lowest BCUT2D eigenvalue weighted by Gasteiger charge is -2.31. The monoisotopic (exact) mass is 266 g/mol. The number of para-hydroxylation sites is 1. The first-order chi connectivity index (χ1) is 9.19. The minimum Gasteiger partial charge on any atom is -0.504 e. The van der Waals surface area contributed by atoms with Gasteiger partial charge in [0.15, 0.2) is 11.5 Å². The van der Waals surface area contributed by atoms with Crippen LogP contribution < -0.4 is 10.5 Å². The van der Waals surface area contributed by atoms with Crippen LogP contribution in [0.1, 0.15) is 38.3 Å². The van der Waals surface area contributed by atoms with Crippen LogP contribution >= 0.6 is 0 Å². The zero-order valence-corrected chi connectivity index (χ0v) is 12.2. The number of nitrogens with two attached hydrogens (primary N) is 1. The van der Waals surface area contributed by atoms with E-state index in [1.165, 1.54) is 0 Å². The van der Waals surface area contributed by atoms with Gasteiger partial charge in [-0.1, -0.05) is 26.0 Å². The van der Waals surface area contributed by atoms with Crippen LogP contribution in [0.3, 0.4) is 0 Å². The first kappa shape index (κ1) is 15.8. The van der Waals surface area contributed by atoms with Crippen LogP contribution in [0, 0.1) is 0 Å². The molecule has 0 bridgehead atoms. The Kier molecular flexibility index (Phi) is 6.67. The standard InChI is InChI=1S/C15H26N2O2/c1-4-9-17(10-5-2)13(11-16)12-7-6-8-14(19-3)15(12)18/h6-8,13,18H,4-5,9-11,16H2,1-3H3. The van der Waals surface area contributed by atoms with Crippen molar-refractivity contribution in [1.82, 2.24) is 4.90 Å². The van der Waals surface area contributed by atoms with Gasteiger partial charge in [0, 0.05) is 12.1 Å². The molecule has 1 unspecified atom stereocenters. The van der Waals surface area contributed by atoms with Crippen molar-refractivity contribution >= 4 is 0 Å². The van der Waals surface area contributed by atoms with Crippen molar-refractivity contribution in [3.8, 4) is 11.5 Å². The van der Waals surface area contributed by atoms with Crippen LogP contribution in [0.5, 0.6) is 11.5 Å². The number of hydrogen-bond donors (Lipinski definition) is 2. The first-order valence-electron chi connectivity index (χ1n) is 6.99. The Morgan fingerprint density at radius 2 is 1.89 bits per heavy atom. The van der Waals surface area contributed by atoms with Crippen molar-refractivity contribution in [2.24, 2.45) is 5.73 Å². The second-order valence-corrected chi connectivity index (χ2v) is 4.69. The first-order valence-corrected chi connectivity index (χ1v) is 6.99. The minimum absolute atomic E-state index is 0.0370. The highest BCUT2D eigenvalue weighted by Crippen LogP contribution is 2.35. The summed E-state index contributed by atoms with van der Waals surface area (Å²) in [5.41, 5.74) is 6.78. The number of methoxy groups -OCH3 is 1. The highest BCUT2D eigenvalue weighted by atomic mass is 16.5. The van der Waals surface area contributed by atoms with Crippen LogP contribution in [0.25, 0.3) is 0 Å². The van der Waals surface area contributed by atoms with E-state index in [9.17, 15) is 5.11 Å². The molecule has 0 aliphatic rings. The summed E-state index contributed by atoms with van der Waals surface area (Å²) in [5.74, 6) is 0.710. The van der Waals surface area contributed by atoms with Crippen LogP contribution in [0.4, 0.5) is 0 Å². The Labute approximate surface area is 116 Å². The summed E-state index contributed by atoms with van der Waals surface area (Å²) in [6.45, 7) is 6.75. The molecule has 0 saturated heterocycles. The summed E-state index contributed by atoms with van der Waals surface area (Å²) in [6, 6.07) is 5.62. The molecule has 1 atom stereocenters. The topological polar surface area (TPSA) is 58.7 Å². The molecule has 1 aromatic carbocycles. The predicted molar refractivity (Wildman–Crippen MR) is 78.6 cm³/mol. The highest BCUT2D eigenvalue weighted by molar-refractivity contribution is 5.47. The molecule has 0 saturated carbocycles. The van der Waals surface area contributed by atoms with Crippen LogP contribution in [-0.4, -0.2) is 36.8 Å². The van der Waals surface area contributed by atoms with Crippen molar-refractivity contribution in [2.75, 3.05) is 26.7 Å². The molecule has 0 radical (unpaired) electrons. The second-order valence-electron chi connectivity index (χ2n) is 4.69. The summed E-state index contributed by atoms with van der Waals surface area (Å²) < 4.78 is 5.17. The van der Waals surface area contributed by atoms with E-state index in [0.29, 0.717) is 12.3 Å². The van der Waals surface area contributed by atoms with Crippen LogP contribution in [0.2, 0.25) is 0 Å². The lowest BCUT2D eigenvalue weighted by Crippen LogP contribution is -2.35. The predicted octanol–water partition coefficient (Wildman–Crippen LogP) is 2.52. The van der Waals surface area contributed by atoms with Gasteiger partial charge in [0.1, 0.15) is 0 Å². The van der Waals surface area contributed by atoms with Crippen molar-refractivity contribution in [3.05, 3.63) is 23.8 Å². The number of ether oxygens (including phenoxy) is 1. The summed E-state index contributed by atoms with van der Waals surface area (Å²) in [4.78, 5) is 2.33. The molecule has 0 aromatic heterocycles. The Morgan fingerprint density at radius 3 is 2.37 bits per heavy atom. The summed E-state index contributed by atoms with van der Waals surface area (Å²) in [6.07, 6.45) is 2.14. The SMILES string of the molecule is CCCN(CCC)C(CN)c1cccc(OC)c1O. The molecule has 108 valence electrons. The number of benzene rings is 1. The van der Waals surface area contributed by atoms with Gasteiger partial charge >= 0.3 is 0 Å². The molecule has 0 amide bonds. The highest BCUT2D eigenvalue weighted by Gasteiger charge is 2.22. The van der Waals surface area contributed by atoms with Crippen molar-refractivity contribution < 1.29 is 9.84 Å². The zero-order valence-electron chi connectivity index (χ0n) is 12.2. The molecule has 1 rings (SSSR count). The van der Waals surface area contributed by atoms with Gasteiger partial charge < -0.3 is 15.6 Å². The van der Waals surface area contributed by atoms with E-state index in [1.54, 1.807) is 13.2 Å². The Hall–Kier alpha value is -1.26. The van der Waals surface area contributed by atoms with Crippen LogP contribution in [-0.2, 0) is 0 Å². The normalized spacial score (nSPS) is 12.7. The van der Waals surface area contributed by atoms with E-state index >= 15 is 0 Å². The number of hydrogen-bond acceptors (Lipinski definition) is 4. The molecule has 0 heterocycles. The molecule has 0 spiro atoms. The number of rotatable bonds is 8. The largest absolute Gasteiger partial charge is 0.504 e. The summed E-state index contributed by atoms with van der Waals surface area (Å²) >= 11 is 0. The molecule has 0 aliphatic carbocycles. The second kappa shape index (κ2) is 8.02. The van der Waals surface area contributed by atoms with Gasteiger partial charge in [-0.2, -0.15) is 0 Å². The van der Waals surface area contributed by atoms with Crippen molar-refractivity contribution in [3.63, 3.8) is 0 Å². The van der Waals surface area contributed by atoms with Gasteiger partial charge in [-0.3, -0.25) is 4.90 Å². The molecule has 0 aliphatic heterocycles. The molecule has 1 aromatic rings. The van der Waals surface area contributed by atoms with Gasteiger partial charge in [-0.25, -0.2) is 0 Å². The lowest BCUT2D eigenvalue weighted by atomic mass is 10.0. The summed E-state index contributed by atoms with van der Waals surface area (Å²) in [7, 11) is 1.56. The van der Waals surface area contributed by atoms with E-state index in [-0.39, 0.29) is 11.8 Å². The smallest absolute Gasteiger partial charge is 0.162 e. The molecule has 4 nitrogen and oxygen atoms in total. The number of nitrogens with zero attached hydrogens (tertiary/aromatic N) is 1. The Morgan fingerprint density at radius 1 is 1.26 bits per heavy atom. The van der Waals surface area contributed by atoms with Crippen molar-refractivity contribution in [1.29, 1.82) is 0 Å². The molecule has 4 heteroatoms. The fourth-order valence-corrected chi connectivity index (χ4v) is 2.44. The third-order valence-electron chi connectivity index (χ3n) is 3.29. The third kappa shape index (κ3) is 3.85. The van der Waals surface area contributed by atoms with E-state index < -0.39 is 0 Å². The average molecular weight is 266 g/mol. The molecule has 3 N–H and O–H groups in total. The van der Waals surface area contributed by atoms with E-state index in [2.05, 4.69) is 18.7 Å². The van der Waals surface area contributed by atoms with Crippen LogP contribution in [0.15, 0.2) is 18.2 Å². The number of phenols is 1. The summed E-state index contributed by atoms with van der Waals surface area (Å²) in [5, 5.41) is 10.3. The third-order valence-corrected chi connectivity index (χ3v) is 3.29. The van der Waals surface area contributed by atoms with Gasteiger partial charge in [-0.05, 0) is 32.0 Å². The van der Waals surface area contributed by atoms with Gasteiger partial charge in [-0.15, -0.1) is 0 Å². The van der Waals surface area contributed by atoms with Gasteiger partial charge in [0.05, 0.1) is 13.2 Å².